The number of aromatic nitrogens is 1. The van der Waals surface area contributed by atoms with Gasteiger partial charge in [0.25, 0.3) is 0 Å². The van der Waals surface area contributed by atoms with Crippen LogP contribution >= 0.6 is 0 Å². The Kier molecular flexibility index (Phi) is 4.55. The lowest BCUT2D eigenvalue weighted by atomic mass is 10.1. The van der Waals surface area contributed by atoms with Gasteiger partial charge in [0.1, 0.15) is 10.7 Å². The van der Waals surface area contributed by atoms with Gasteiger partial charge < -0.3 is 4.90 Å². The van der Waals surface area contributed by atoms with Crippen LogP contribution < -0.4 is 4.90 Å². The van der Waals surface area contributed by atoms with Gasteiger partial charge in [0.2, 0.25) is 10.3 Å². The van der Waals surface area contributed by atoms with Crippen molar-refractivity contribution >= 4 is 21.0 Å². The molecule has 130 valence electrons. The van der Waals surface area contributed by atoms with Crippen LogP contribution in [0.15, 0.2) is 48.7 Å². The molecule has 1 aromatic carbocycles. The molecular weight excluding hydrogens is 334 g/mol. The van der Waals surface area contributed by atoms with E-state index >= 15 is 0 Å². The number of hydrogen-bond acceptors (Lipinski definition) is 5. The highest BCUT2D eigenvalue weighted by molar-refractivity contribution is 7.73. The molecule has 0 amide bonds. The van der Waals surface area contributed by atoms with Gasteiger partial charge in [0, 0.05) is 30.9 Å². The summed E-state index contributed by atoms with van der Waals surface area (Å²) in [6.07, 6.45) is 4.06. The Morgan fingerprint density at radius 3 is 2.76 bits per heavy atom. The second-order valence-corrected chi connectivity index (χ2v) is 7.63. The van der Waals surface area contributed by atoms with Crippen LogP contribution in [0.4, 0.5) is 5.82 Å². The van der Waals surface area contributed by atoms with Crippen LogP contribution in [-0.2, 0) is 16.8 Å². The van der Waals surface area contributed by atoms with Crippen molar-refractivity contribution in [1.29, 1.82) is 0 Å². The first kappa shape index (κ1) is 16.3. The van der Waals surface area contributed by atoms with E-state index in [1.807, 2.05) is 12.1 Å². The molecule has 1 fully saturated rings. The number of likely N-dealkylation sites (tertiary alicyclic amines) is 1. The molecule has 2 aliphatic rings. The summed E-state index contributed by atoms with van der Waals surface area (Å²) in [6.45, 7) is 3.28. The fraction of sp³-hybridized carbons (Fsp3) is 0.368. The molecule has 3 heterocycles. The van der Waals surface area contributed by atoms with Gasteiger partial charge in [-0.05, 0) is 37.1 Å². The molecule has 0 radical (unpaired) electrons. The molecule has 0 N–H and O–H groups in total. The second-order valence-electron chi connectivity index (χ2n) is 6.67. The van der Waals surface area contributed by atoms with Gasteiger partial charge in [0.15, 0.2) is 0 Å². The first-order valence-corrected chi connectivity index (χ1v) is 9.73. The van der Waals surface area contributed by atoms with E-state index in [0.717, 1.165) is 37.4 Å². The minimum absolute atomic E-state index is 0.425. The van der Waals surface area contributed by atoms with Crippen LogP contribution in [0.25, 0.3) is 0 Å². The summed E-state index contributed by atoms with van der Waals surface area (Å²) in [5.74, 6) is 0.799. The summed E-state index contributed by atoms with van der Waals surface area (Å²) in [4.78, 5) is 9.52. The van der Waals surface area contributed by atoms with E-state index in [-0.39, 0.29) is 0 Å². The van der Waals surface area contributed by atoms with Crippen molar-refractivity contribution in [2.75, 3.05) is 24.5 Å². The molecule has 25 heavy (non-hydrogen) atoms. The summed E-state index contributed by atoms with van der Waals surface area (Å²) in [6, 6.07) is 14.6. The lowest BCUT2D eigenvalue weighted by Crippen LogP contribution is -2.40. The average molecular weight is 355 g/mol. The van der Waals surface area contributed by atoms with Gasteiger partial charge in [0.05, 0.1) is 6.54 Å². The molecule has 4 rings (SSSR count). The van der Waals surface area contributed by atoms with Crippen LogP contribution in [-0.4, -0.2) is 48.8 Å². The number of fused-ring (bicyclic) bond motifs is 1. The van der Waals surface area contributed by atoms with E-state index in [2.05, 4.69) is 39.0 Å². The van der Waals surface area contributed by atoms with Crippen LogP contribution in [0.1, 0.15) is 24.0 Å². The summed E-state index contributed by atoms with van der Waals surface area (Å²) in [7, 11) is -2.19. The monoisotopic (exact) mass is 355 g/mol. The highest BCUT2D eigenvalue weighted by Gasteiger charge is 2.32. The zero-order valence-electron chi connectivity index (χ0n) is 14.0. The minimum atomic E-state index is -2.19. The van der Waals surface area contributed by atoms with Gasteiger partial charge in [-0.15, -0.1) is 0 Å². The molecule has 1 atom stereocenters. The maximum Gasteiger partial charge on any atom is 0.219 e. The van der Waals surface area contributed by atoms with Gasteiger partial charge in [-0.2, -0.15) is 8.42 Å². The van der Waals surface area contributed by atoms with Crippen molar-refractivity contribution in [3.05, 3.63) is 59.8 Å². The number of rotatable bonds is 4. The lowest BCUT2D eigenvalue weighted by Gasteiger charge is -2.29. The Hall–Kier alpha value is -2.18. The van der Waals surface area contributed by atoms with Crippen molar-refractivity contribution in [2.24, 2.45) is 0 Å². The van der Waals surface area contributed by atoms with E-state index in [1.165, 1.54) is 12.0 Å². The number of pyridine rings is 1. The Labute approximate surface area is 149 Å². The molecule has 0 saturated carbocycles. The molecule has 0 aliphatic carbocycles. The molecule has 2 aliphatic heterocycles. The van der Waals surface area contributed by atoms with Gasteiger partial charge in [-0.25, -0.2) is 4.98 Å². The third-order valence-corrected chi connectivity index (χ3v) is 5.83. The lowest BCUT2D eigenvalue weighted by molar-refractivity contribution is 0.248. The fourth-order valence-electron chi connectivity index (χ4n) is 3.88. The van der Waals surface area contributed by atoms with Crippen molar-refractivity contribution < 1.29 is 8.42 Å². The largest absolute Gasteiger partial charge is 0.349 e. The van der Waals surface area contributed by atoms with E-state index < -0.39 is 10.3 Å². The van der Waals surface area contributed by atoms with Crippen molar-refractivity contribution in [1.82, 2.24) is 9.88 Å². The fourth-order valence-corrected chi connectivity index (χ4v) is 4.48. The average Bonchev–Trinajstić information content (AvgIpc) is 3.21. The maximum absolute atomic E-state index is 11.6. The molecule has 2 aromatic rings. The first-order valence-electron chi connectivity index (χ1n) is 8.66. The van der Waals surface area contributed by atoms with E-state index in [4.69, 9.17) is 0 Å². The maximum atomic E-state index is 11.6. The number of hydrogen-bond donors (Lipinski definition) is 0. The highest BCUT2D eigenvalue weighted by atomic mass is 32.2. The van der Waals surface area contributed by atoms with Crippen LogP contribution in [0.3, 0.4) is 0 Å². The van der Waals surface area contributed by atoms with Crippen molar-refractivity contribution in [3.63, 3.8) is 0 Å². The second kappa shape index (κ2) is 6.98. The van der Waals surface area contributed by atoms with E-state index in [1.54, 1.807) is 12.3 Å². The molecule has 5 nitrogen and oxygen atoms in total. The molecule has 1 aromatic heterocycles. The molecular formula is C19H21N3O2S. The first-order chi connectivity index (χ1) is 12.2. The predicted octanol–water partition coefficient (Wildman–Crippen LogP) is 1.97. The smallest absolute Gasteiger partial charge is 0.219 e. The zero-order valence-corrected chi connectivity index (χ0v) is 14.8. The Morgan fingerprint density at radius 2 is 1.96 bits per heavy atom. The standard InChI is InChI=1S/C19H21N3O2S/c23-25(24)18-14-22(19-17(18)9-4-10-20-19)13-16-8-5-11-21(16)12-15-6-2-1-3-7-15/h1-4,6-7,9-10,16H,5,8,11-14H2. The van der Waals surface area contributed by atoms with E-state index in [0.29, 0.717) is 17.5 Å². The quantitative estimate of drug-likeness (QED) is 0.785. The number of benzene rings is 1. The Morgan fingerprint density at radius 1 is 1.12 bits per heavy atom. The normalized spacial score (nSPS) is 20.1. The summed E-state index contributed by atoms with van der Waals surface area (Å²) < 4.78 is 23.1. The predicted molar refractivity (Wildman–Crippen MR) is 99.4 cm³/mol. The Balaban J connectivity index is 1.53. The van der Waals surface area contributed by atoms with Gasteiger partial charge in [-0.1, -0.05) is 30.3 Å². The summed E-state index contributed by atoms with van der Waals surface area (Å²) in [5.41, 5.74) is 2.07. The zero-order chi connectivity index (χ0) is 17.2. The summed E-state index contributed by atoms with van der Waals surface area (Å²) >= 11 is 0. The highest BCUT2D eigenvalue weighted by Crippen LogP contribution is 2.28. The minimum Gasteiger partial charge on any atom is -0.349 e. The van der Waals surface area contributed by atoms with Crippen molar-refractivity contribution in [2.45, 2.75) is 25.4 Å². The van der Waals surface area contributed by atoms with E-state index in [9.17, 15) is 8.42 Å². The van der Waals surface area contributed by atoms with Crippen molar-refractivity contribution in [3.8, 4) is 0 Å². The SMILES string of the molecule is O=S(=O)=C1CN(CC2CCCN2Cc2ccccc2)c2ncccc21. The summed E-state index contributed by atoms with van der Waals surface area (Å²) in [5, 5.41) is 0. The molecule has 6 heteroatoms. The third kappa shape index (κ3) is 3.32. The third-order valence-electron chi connectivity index (χ3n) is 5.08. The molecule has 1 unspecified atom stereocenters. The van der Waals surface area contributed by atoms with Gasteiger partial charge >= 0.3 is 0 Å². The topological polar surface area (TPSA) is 53.5 Å². The molecule has 0 bridgehead atoms. The number of anilines is 1. The van der Waals surface area contributed by atoms with Crippen LogP contribution in [0.5, 0.6) is 0 Å². The van der Waals surface area contributed by atoms with Crippen LogP contribution in [0.2, 0.25) is 0 Å². The Bertz CT molecular complexity index is 888. The van der Waals surface area contributed by atoms with Gasteiger partial charge in [-0.3, -0.25) is 4.90 Å². The van der Waals surface area contributed by atoms with Crippen LogP contribution in [0, 0.1) is 0 Å². The molecule has 1 saturated heterocycles. The number of nitrogens with zero attached hydrogens (tertiary/aromatic N) is 3. The molecule has 0 spiro atoms.